The van der Waals surface area contributed by atoms with Crippen LogP contribution >= 0.6 is 0 Å². The number of hydrogen-bond donors (Lipinski definition) is 1. The van der Waals surface area contributed by atoms with E-state index in [4.69, 9.17) is 15.7 Å². The van der Waals surface area contributed by atoms with Crippen molar-refractivity contribution < 1.29 is 66.4 Å². The van der Waals surface area contributed by atoms with Gasteiger partial charge in [-0.3, -0.25) is 0 Å². The van der Waals surface area contributed by atoms with Gasteiger partial charge in [0.15, 0.2) is 0 Å². The van der Waals surface area contributed by atoms with Gasteiger partial charge in [-0.2, -0.15) is 0 Å². The molecule has 0 aliphatic carbocycles. The normalized spacial score (nSPS) is 9.50. The van der Waals surface area contributed by atoms with Crippen LogP contribution in [0.2, 0.25) is 0 Å². The average Bonchev–Trinajstić information content (AvgIpc) is 0.722. The van der Waals surface area contributed by atoms with Crippen molar-refractivity contribution in [3.8, 4) is 0 Å². The first-order chi connectivity index (χ1) is 2.00. The Bertz CT molecular complexity index is 129. The molecule has 6 heteroatoms. The van der Waals surface area contributed by atoms with Gasteiger partial charge in [0.2, 0.25) is 0 Å². The molecule has 43 valence electrons. The van der Waals surface area contributed by atoms with Crippen LogP contribution < -0.4 is 0 Å². The van der Waals surface area contributed by atoms with E-state index in [1.807, 2.05) is 0 Å². The Balaban J connectivity index is 0. The summed E-state index contributed by atoms with van der Waals surface area (Å²) in [6.07, 6.45) is 0. The number of hydrogen-bond acceptors (Lipinski definition) is 3. The third-order valence-corrected chi connectivity index (χ3v) is 0. The van der Waals surface area contributed by atoms with E-state index in [0.717, 1.165) is 0 Å². The summed E-state index contributed by atoms with van der Waals surface area (Å²) in [6, 6.07) is 0. The predicted octanol–water partition coefficient (Wildman–Crippen LogP) is -0.916. The maximum absolute atomic E-state index is 8.69. The van der Waals surface area contributed by atoms with E-state index in [-0.39, 0.29) is 37.7 Å². The van der Waals surface area contributed by atoms with Crippen LogP contribution in [0, 0.1) is 37.7 Å². The van der Waals surface area contributed by atoms with Crippen molar-refractivity contribution in [1.82, 2.24) is 0 Å². The van der Waals surface area contributed by atoms with Gasteiger partial charge in [-0.05, 0) is 0 Å². The second kappa shape index (κ2) is 3.18. The fraction of sp³-hybridized carbons (Fsp3) is 0. The second-order valence-corrected chi connectivity index (χ2v) is 1.63. The van der Waals surface area contributed by atoms with Gasteiger partial charge in [0.25, 0.3) is 0 Å². The third-order valence-electron chi connectivity index (χ3n) is 0. The molecule has 0 fully saturated rings. The molecule has 0 heterocycles. The van der Waals surface area contributed by atoms with Gasteiger partial charge >= 0.3 is 28.7 Å². The van der Waals surface area contributed by atoms with Gasteiger partial charge in [0, 0.05) is 37.7 Å². The zero-order valence-electron chi connectivity index (χ0n) is 2.35. The molecular formula is HHoMnO4. The van der Waals surface area contributed by atoms with Crippen LogP contribution in [0.1, 0.15) is 0 Å². The topological polar surface area (TPSA) is 71.4 Å². The molecule has 0 spiro atoms. The molecule has 0 aliphatic heterocycles. The molecule has 0 aliphatic rings. The molecule has 0 rings (SSSR count). The summed E-state index contributed by atoms with van der Waals surface area (Å²) in [5.41, 5.74) is 0. The van der Waals surface area contributed by atoms with Gasteiger partial charge < -0.3 is 0 Å². The SMILES string of the molecule is [Ho].[O]=[Mn](=[O])(=[O])[OH]. The second-order valence-electron chi connectivity index (χ2n) is 0.396. The van der Waals surface area contributed by atoms with E-state index < -0.39 is 13.0 Å². The Kier molecular flexibility index (Phi) is 5.40. The molecule has 0 aromatic rings. The van der Waals surface area contributed by atoms with E-state index in [1.54, 1.807) is 0 Å². The summed E-state index contributed by atoms with van der Waals surface area (Å²) in [5, 5.41) is 0. The quantitative estimate of drug-likeness (QED) is 0.584. The zero-order chi connectivity index (χ0) is 4.50. The summed E-state index contributed by atoms with van der Waals surface area (Å²) in [5.74, 6) is 0. The van der Waals surface area contributed by atoms with Crippen LogP contribution in [-0.4, -0.2) is 4.19 Å². The fourth-order valence-corrected chi connectivity index (χ4v) is 0. The minimum absolute atomic E-state index is 0. The fourth-order valence-electron chi connectivity index (χ4n) is 0. The summed E-state index contributed by atoms with van der Waals surface area (Å²) in [6.45, 7) is 0. The van der Waals surface area contributed by atoms with E-state index in [1.165, 1.54) is 0 Å². The van der Waals surface area contributed by atoms with E-state index in [2.05, 4.69) is 0 Å². The van der Waals surface area contributed by atoms with Crippen LogP contribution in [0.25, 0.3) is 0 Å². The first-order valence-corrected chi connectivity index (χ1v) is 2.61. The molecule has 4 nitrogen and oxygen atoms in total. The summed E-state index contributed by atoms with van der Waals surface area (Å²) in [7, 11) is 0. The standard InChI is InChI=1S/Ho.Mn.H2O.3O/h;;1H2;;;/q;+1;;;;/p-1. The summed E-state index contributed by atoms with van der Waals surface area (Å²) < 4.78 is 33.1. The first kappa shape index (κ1) is 10.2. The van der Waals surface area contributed by atoms with E-state index in [9.17, 15) is 0 Å². The van der Waals surface area contributed by atoms with Crippen molar-refractivity contribution in [2.45, 2.75) is 0 Å². The van der Waals surface area contributed by atoms with Gasteiger partial charge in [-0.1, -0.05) is 0 Å². The number of rotatable bonds is 0. The van der Waals surface area contributed by atoms with Crippen molar-refractivity contribution in [2.75, 3.05) is 0 Å². The predicted molar refractivity (Wildman–Crippen MR) is 4.28 cm³/mol. The average molecular weight is 285 g/mol. The van der Waals surface area contributed by atoms with Crippen molar-refractivity contribution in [3.05, 3.63) is 0 Å². The third kappa shape index (κ3) is 67.8. The molecule has 0 saturated heterocycles. The van der Waals surface area contributed by atoms with E-state index in [0.29, 0.717) is 0 Å². The first-order valence-electron chi connectivity index (χ1n) is 0.632. The minimum atomic E-state index is -5.38. The van der Waals surface area contributed by atoms with Crippen molar-refractivity contribution in [3.63, 3.8) is 0 Å². The molecule has 0 bridgehead atoms. The molecule has 0 atom stereocenters. The van der Waals surface area contributed by atoms with Gasteiger partial charge in [-0.25, -0.2) is 0 Å². The maximum atomic E-state index is 8.69. The van der Waals surface area contributed by atoms with Crippen molar-refractivity contribution >= 4 is 0 Å². The molecule has 0 amide bonds. The van der Waals surface area contributed by atoms with E-state index >= 15 is 0 Å². The Morgan fingerprint density at radius 2 is 1.17 bits per heavy atom. The van der Waals surface area contributed by atoms with Crippen molar-refractivity contribution in [2.24, 2.45) is 0 Å². The molecule has 6 heavy (non-hydrogen) atoms. The summed E-state index contributed by atoms with van der Waals surface area (Å²) >= 11 is -5.38. The molecule has 0 unspecified atom stereocenters. The molecular weight excluding hydrogens is 284 g/mol. The molecule has 0 aromatic heterocycles. The van der Waals surface area contributed by atoms with Gasteiger partial charge in [0.05, 0.1) is 0 Å². The van der Waals surface area contributed by atoms with Crippen LogP contribution in [-0.2, 0) is 24.5 Å². The van der Waals surface area contributed by atoms with Crippen LogP contribution in [0.15, 0.2) is 0 Å². The van der Waals surface area contributed by atoms with Gasteiger partial charge in [0.1, 0.15) is 0 Å². The monoisotopic (exact) mass is 285 g/mol. The van der Waals surface area contributed by atoms with Gasteiger partial charge in [-0.15, -0.1) is 0 Å². The van der Waals surface area contributed by atoms with Crippen LogP contribution in [0.4, 0.5) is 0 Å². The van der Waals surface area contributed by atoms with Crippen LogP contribution in [0.3, 0.4) is 0 Å². The molecule has 1 radical (unpaired) electrons. The molecule has 0 saturated carbocycles. The summed E-state index contributed by atoms with van der Waals surface area (Å²) in [4.78, 5) is 0. The Hall–Kier alpha value is 1.14. The molecule has 1 N–H and O–H groups in total. The van der Waals surface area contributed by atoms with Crippen LogP contribution in [0.5, 0.6) is 0 Å². The van der Waals surface area contributed by atoms with Crippen molar-refractivity contribution in [1.29, 1.82) is 0 Å². The Morgan fingerprint density at radius 1 is 1.17 bits per heavy atom. The zero-order valence-corrected chi connectivity index (χ0v) is 5.47. The Morgan fingerprint density at radius 3 is 1.17 bits per heavy atom. The Labute approximate surface area is 65.7 Å². The molecule has 0 aromatic carbocycles.